The maximum Gasteiger partial charge on any atom is 0.248 e. The van der Waals surface area contributed by atoms with Crippen LogP contribution in [0.25, 0.3) is 0 Å². The zero-order valence-corrected chi connectivity index (χ0v) is 10.8. The van der Waals surface area contributed by atoms with Crippen LogP contribution in [0.3, 0.4) is 0 Å². The standard InChI is InChI=1S/C14H20N2O2/c1-14(7-8-15)11-16(13(17)10-18-14)9-12-5-3-2-4-6-12/h2-6H,7-11,15H2,1H3. The van der Waals surface area contributed by atoms with Crippen LogP contribution in [0.15, 0.2) is 30.3 Å². The van der Waals surface area contributed by atoms with E-state index in [4.69, 9.17) is 10.5 Å². The number of benzene rings is 1. The van der Waals surface area contributed by atoms with E-state index < -0.39 is 0 Å². The van der Waals surface area contributed by atoms with E-state index in [0.29, 0.717) is 19.6 Å². The first-order chi connectivity index (χ1) is 8.63. The highest BCUT2D eigenvalue weighted by atomic mass is 16.5. The second kappa shape index (κ2) is 5.50. The molecule has 1 saturated heterocycles. The molecule has 2 N–H and O–H groups in total. The van der Waals surface area contributed by atoms with Gasteiger partial charge >= 0.3 is 0 Å². The molecule has 1 amide bonds. The Morgan fingerprint density at radius 1 is 1.39 bits per heavy atom. The van der Waals surface area contributed by atoms with Crippen LogP contribution in [0.2, 0.25) is 0 Å². The predicted octanol–water partition coefficient (Wildman–Crippen LogP) is 1.15. The van der Waals surface area contributed by atoms with Crippen molar-refractivity contribution in [2.24, 2.45) is 5.73 Å². The number of carbonyl (C=O) groups excluding carboxylic acids is 1. The van der Waals surface area contributed by atoms with E-state index in [-0.39, 0.29) is 18.1 Å². The minimum absolute atomic E-state index is 0.0494. The Kier molecular flexibility index (Phi) is 3.99. The first kappa shape index (κ1) is 13.1. The monoisotopic (exact) mass is 248 g/mol. The molecule has 4 heteroatoms. The quantitative estimate of drug-likeness (QED) is 0.869. The van der Waals surface area contributed by atoms with Crippen molar-refractivity contribution in [3.8, 4) is 0 Å². The number of nitrogens with two attached hydrogens (primary N) is 1. The van der Waals surface area contributed by atoms with Gasteiger partial charge in [0, 0.05) is 13.1 Å². The summed E-state index contributed by atoms with van der Waals surface area (Å²) in [6.45, 7) is 4.00. The van der Waals surface area contributed by atoms with Gasteiger partial charge in [-0.2, -0.15) is 0 Å². The normalized spacial score (nSPS) is 24.3. The van der Waals surface area contributed by atoms with Crippen LogP contribution >= 0.6 is 0 Å². The number of ether oxygens (including phenoxy) is 1. The number of rotatable bonds is 4. The van der Waals surface area contributed by atoms with Gasteiger partial charge in [0.05, 0.1) is 5.60 Å². The highest BCUT2D eigenvalue weighted by Crippen LogP contribution is 2.22. The lowest BCUT2D eigenvalue weighted by atomic mass is 9.99. The number of nitrogens with zero attached hydrogens (tertiary/aromatic N) is 1. The topological polar surface area (TPSA) is 55.6 Å². The summed E-state index contributed by atoms with van der Waals surface area (Å²) in [5.74, 6) is 0.0494. The van der Waals surface area contributed by atoms with Gasteiger partial charge in [-0.05, 0) is 25.5 Å². The summed E-state index contributed by atoms with van der Waals surface area (Å²) in [6, 6.07) is 10.0. The Morgan fingerprint density at radius 2 is 2.11 bits per heavy atom. The van der Waals surface area contributed by atoms with Crippen LogP contribution in [0.1, 0.15) is 18.9 Å². The Bertz CT molecular complexity index is 408. The molecule has 98 valence electrons. The summed E-state index contributed by atoms with van der Waals surface area (Å²) < 4.78 is 5.61. The molecule has 1 aromatic rings. The van der Waals surface area contributed by atoms with Gasteiger partial charge in [-0.3, -0.25) is 4.79 Å². The molecular formula is C14H20N2O2. The third-order valence-corrected chi connectivity index (χ3v) is 3.31. The summed E-state index contributed by atoms with van der Waals surface area (Å²) >= 11 is 0. The summed E-state index contributed by atoms with van der Waals surface area (Å²) in [6.07, 6.45) is 0.769. The molecule has 1 aliphatic heterocycles. The lowest BCUT2D eigenvalue weighted by Crippen LogP contribution is -2.53. The van der Waals surface area contributed by atoms with Crippen molar-refractivity contribution >= 4 is 5.91 Å². The summed E-state index contributed by atoms with van der Waals surface area (Å²) in [7, 11) is 0. The molecule has 1 heterocycles. The first-order valence-corrected chi connectivity index (χ1v) is 6.29. The molecule has 1 atom stereocenters. The van der Waals surface area contributed by atoms with E-state index in [9.17, 15) is 4.79 Å². The molecule has 0 spiro atoms. The van der Waals surface area contributed by atoms with Gasteiger partial charge in [-0.15, -0.1) is 0 Å². The van der Waals surface area contributed by atoms with Crippen LogP contribution in [0.4, 0.5) is 0 Å². The summed E-state index contributed by atoms with van der Waals surface area (Å²) in [5.41, 5.74) is 6.43. The zero-order chi connectivity index (χ0) is 13.0. The van der Waals surface area contributed by atoms with Crippen LogP contribution < -0.4 is 5.73 Å². The van der Waals surface area contributed by atoms with Crippen molar-refractivity contribution in [3.63, 3.8) is 0 Å². The van der Waals surface area contributed by atoms with Crippen LogP contribution in [0.5, 0.6) is 0 Å². The second-order valence-corrected chi connectivity index (χ2v) is 5.01. The Hall–Kier alpha value is -1.39. The minimum Gasteiger partial charge on any atom is -0.364 e. The van der Waals surface area contributed by atoms with Crippen molar-refractivity contribution < 1.29 is 9.53 Å². The zero-order valence-electron chi connectivity index (χ0n) is 10.8. The highest BCUT2D eigenvalue weighted by Gasteiger charge is 2.35. The molecule has 0 aliphatic carbocycles. The summed E-state index contributed by atoms with van der Waals surface area (Å²) in [5, 5.41) is 0. The molecule has 0 aromatic heterocycles. The van der Waals surface area contributed by atoms with Crippen molar-refractivity contribution in [1.29, 1.82) is 0 Å². The molecule has 1 unspecified atom stereocenters. The fraction of sp³-hybridized carbons (Fsp3) is 0.500. The molecule has 1 aromatic carbocycles. The van der Waals surface area contributed by atoms with Gasteiger partial charge in [0.2, 0.25) is 5.91 Å². The predicted molar refractivity (Wildman–Crippen MR) is 69.9 cm³/mol. The number of amides is 1. The van der Waals surface area contributed by atoms with E-state index in [1.807, 2.05) is 42.2 Å². The van der Waals surface area contributed by atoms with Gasteiger partial charge < -0.3 is 15.4 Å². The van der Waals surface area contributed by atoms with Crippen LogP contribution in [-0.4, -0.2) is 36.1 Å². The van der Waals surface area contributed by atoms with Gasteiger partial charge in [-0.1, -0.05) is 30.3 Å². The number of hydrogen-bond donors (Lipinski definition) is 1. The first-order valence-electron chi connectivity index (χ1n) is 6.29. The maximum atomic E-state index is 11.9. The Labute approximate surface area is 108 Å². The third-order valence-electron chi connectivity index (χ3n) is 3.31. The minimum atomic E-state index is -0.308. The average molecular weight is 248 g/mol. The largest absolute Gasteiger partial charge is 0.364 e. The molecule has 18 heavy (non-hydrogen) atoms. The molecule has 0 bridgehead atoms. The fourth-order valence-corrected chi connectivity index (χ4v) is 2.27. The van der Waals surface area contributed by atoms with E-state index >= 15 is 0 Å². The highest BCUT2D eigenvalue weighted by molar-refractivity contribution is 5.78. The van der Waals surface area contributed by atoms with E-state index in [1.165, 1.54) is 0 Å². The van der Waals surface area contributed by atoms with Crippen LogP contribution in [0, 0.1) is 0 Å². The molecule has 1 fully saturated rings. The van der Waals surface area contributed by atoms with E-state index in [1.54, 1.807) is 0 Å². The van der Waals surface area contributed by atoms with Crippen molar-refractivity contribution in [1.82, 2.24) is 4.90 Å². The van der Waals surface area contributed by atoms with Gasteiger partial charge in [0.25, 0.3) is 0 Å². The number of hydrogen-bond acceptors (Lipinski definition) is 3. The molecule has 1 aliphatic rings. The van der Waals surface area contributed by atoms with Crippen LogP contribution in [-0.2, 0) is 16.1 Å². The Balaban J connectivity index is 2.04. The van der Waals surface area contributed by atoms with E-state index in [2.05, 4.69) is 0 Å². The van der Waals surface area contributed by atoms with Crippen molar-refractivity contribution in [2.45, 2.75) is 25.5 Å². The molecule has 0 saturated carbocycles. The number of morpholine rings is 1. The van der Waals surface area contributed by atoms with Gasteiger partial charge in [0.1, 0.15) is 6.61 Å². The van der Waals surface area contributed by atoms with Gasteiger partial charge in [-0.25, -0.2) is 0 Å². The molecular weight excluding hydrogens is 228 g/mol. The second-order valence-electron chi connectivity index (χ2n) is 5.01. The Morgan fingerprint density at radius 3 is 2.78 bits per heavy atom. The maximum absolute atomic E-state index is 11.9. The lowest BCUT2D eigenvalue weighted by Gasteiger charge is -2.40. The van der Waals surface area contributed by atoms with Gasteiger partial charge in [0.15, 0.2) is 0 Å². The van der Waals surface area contributed by atoms with E-state index in [0.717, 1.165) is 12.0 Å². The summed E-state index contributed by atoms with van der Waals surface area (Å²) in [4.78, 5) is 13.7. The molecule has 0 radical (unpaired) electrons. The molecule has 2 rings (SSSR count). The average Bonchev–Trinajstić information content (AvgIpc) is 2.36. The molecule has 4 nitrogen and oxygen atoms in total. The SMILES string of the molecule is CC1(CCN)CN(Cc2ccccc2)C(=O)CO1. The van der Waals surface area contributed by atoms with Crippen molar-refractivity contribution in [2.75, 3.05) is 19.7 Å². The third kappa shape index (κ3) is 3.09. The lowest BCUT2D eigenvalue weighted by molar-refractivity contribution is -0.162. The number of carbonyl (C=O) groups is 1. The smallest absolute Gasteiger partial charge is 0.248 e. The van der Waals surface area contributed by atoms with Crippen molar-refractivity contribution in [3.05, 3.63) is 35.9 Å². The fourth-order valence-electron chi connectivity index (χ4n) is 2.27.